The summed E-state index contributed by atoms with van der Waals surface area (Å²) < 4.78 is 0. The maximum atomic E-state index is 9.14. The van der Waals surface area contributed by atoms with Crippen molar-refractivity contribution in [2.24, 2.45) is 0 Å². The summed E-state index contributed by atoms with van der Waals surface area (Å²) in [5, 5.41) is 9.14. The van der Waals surface area contributed by atoms with E-state index in [1.807, 2.05) is 0 Å². The van der Waals surface area contributed by atoms with E-state index in [9.17, 15) is 0 Å². The van der Waals surface area contributed by atoms with Crippen LogP contribution >= 0.6 is 0 Å². The second kappa shape index (κ2) is 8.90. The van der Waals surface area contributed by atoms with Crippen LogP contribution in [0.2, 0.25) is 0 Å². The first kappa shape index (κ1) is 14.9. The first-order valence-corrected chi connectivity index (χ1v) is 7.39. The topological polar surface area (TPSA) is 26.7 Å². The zero-order chi connectivity index (χ0) is 12.5. The lowest BCUT2D eigenvalue weighted by molar-refractivity contribution is 0.137. The van der Waals surface area contributed by atoms with Gasteiger partial charge in [0.15, 0.2) is 0 Å². The van der Waals surface area contributed by atoms with Gasteiger partial charge < -0.3 is 10.0 Å². The molecule has 1 aliphatic rings. The number of aliphatic hydroxyl groups is 1. The molecule has 0 radical (unpaired) electrons. The minimum Gasteiger partial charge on any atom is -0.395 e. The minimum absolute atomic E-state index is 0.292. The summed E-state index contributed by atoms with van der Waals surface area (Å²) in [6.45, 7) is 10.6. The number of nitrogens with zero attached hydrogens (tertiary/aromatic N) is 2. The lowest BCUT2D eigenvalue weighted by Crippen LogP contribution is -2.38. The van der Waals surface area contributed by atoms with Crippen LogP contribution in [0.3, 0.4) is 0 Å². The second-order valence-corrected chi connectivity index (χ2v) is 5.13. The van der Waals surface area contributed by atoms with E-state index in [4.69, 9.17) is 5.11 Å². The van der Waals surface area contributed by atoms with Gasteiger partial charge in [-0.2, -0.15) is 0 Å². The molecule has 0 bridgehead atoms. The Morgan fingerprint density at radius 2 is 1.76 bits per heavy atom. The Morgan fingerprint density at radius 3 is 2.29 bits per heavy atom. The Hall–Kier alpha value is -0.120. The molecule has 0 unspecified atom stereocenters. The van der Waals surface area contributed by atoms with Crippen molar-refractivity contribution in [3.05, 3.63) is 0 Å². The van der Waals surface area contributed by atoms with Crippen LogP contribution < -0.4 is 0 Å². The summed E-state index contributed by atoms with van der Waals surface area (Å²) in [6, 6.07) is 0.653. The summed E-state index contributed by atoms with van der Waals surface area (Å²) in [4.78, 5) is 5.04. The largest absolute Gasteiger partial charge is 0.395 e. The number of hydrogen-bond acceptors (Lipinski definition) is 3. The Balaban J connectivity index is 2.22. The first-order valence-electron chi connectivity index (χ1n) is 7.39. The van der Waals surface area contributed by atoms with Crippen LogP contribution in [0, 0.1) is 0 Å². The lowest BCUT2D eigenvalue weighted by Gasteiger charge is -2.30. The van der Waals surface area contributed by atoms with Crippen molar-refractivity contribution in [3.63, 3.8) is 0 Å². The fourth-order valence-electron chi connectivity index (χ4n) is 2.91. The fourth-order valence-corrected chi connectivity index (χ4v) is 2.91. The molecule has 1 rings (SSSR count). The summed E-state index contributed by atoms with van der Waals surface area (Å²) in [5.74, 6) is 0. The van der Waals surface area contributed by atoms with Gasteiger partial charge in [0.05, 0.1) is 6.61 Å². The average molecular weight is 242 g/mol. The predicted octanol–water partition coefficient (Wildman–Crippen LogP) is 1.96. The molecule has 3 heteroatoms. The van der Waals surface area contributed by atoms with Crippen LogP contribution in [-0.4, -0.2) is 60.3 Å². The van der Waals surface area contributed by atoms with E-state index >= 15 is 0 Å². The Labute approximate surface area is 107 Å². The highest BCUT2D eigenvalue weighted by atomic mass is 16.3. The standard InChI is InChI=1S/C14H30N2O/c1-3-14(4-2)16(12-13-17)11-7-10-15-8-5-6-9-15/h14,17H,3-13H2,1-2H3. The van der Waals surface area contributed by atoms with Gasteiger partial charge in [0.2, 0.25) is 0 Å². The van der Waals surface area contributed by atoms with Crippen molar-refractivity contribution in [2.75, 3.05) is 39.3 Å². The Bertz CT molecular complexity index is 177. The number of hydrogen-bond donors (Lipinski definition) is 1. The van der Waals surface area contributed by atoms with Gasteiger partial charge in [-0.15, -0.1) is 0 Å². The number of rotatable bonds is 9. The van der Waals surface area contributed by atoms with Crippen molar-refractivity contribution in [1.29, 1.82) is 0 Å². The van der Waals surface area contributed by atoms with Gasteiger partial charge in [0.1, 0.15) is 0 Å². The molecule has 102 valence electrons. The average Bonchev–Trinajstić information content (AvgIpc) is 2.83. The quantitative estimate of drug-likeness (QED) is 0.669. The molecule has 0 amide bonds. The van der Waals surface area contributed by atoms with E-state index in [1.165, 1.54) is 51.7 Å². The summed E-state index contributed by atoms with van der Waals surface area (Å²) in [7, 11) is 0. The molecule has 0 saturated carbocycles. The molecule has 1 fully saturated rings. The van der Waals surface area contributed by atoms with Crippen LogP contribution in [-0.2, 0) is 0 Å². The molecule has 0 aromatic carbocycles. The van der Waals surface area contributed by atoms with Crippen molar-refractivity contribution in [3.8, 4) is 0 Å². The van der Waals surface area contributed by atoms with Crippen LogP contribution in [0.15, 0.2) is 0 Å². The van der Waals surface area contributed by atoms with Gasteiger partial charge >= 0.3 is 0 Å². The molecule has 0 atom stereocenters. The van der Waals surface area contributed by atoms with Gasteiger partial charge in [-0.1, -0.05) is 13.8 Å². The lowest BCUT2D eigenvalue weighted by atomic mass is 10.1. The molecule has 3 nitrogen and oxygen atoms in total. The SMILES string of the molecule is CCC(CC)N(CCO)CCCN1CCCC1. The van der Waals surface area contributed by atoms with Crippen LogP contribution in [0.1, 0.15) is 46.0 Å². The highest BCUT2D eigenvalue weighted by Gasteiger charge is 2.15. The third-order valence-corrected chi connectivity index (χ3v) is 3.96. The summed E-state index contributed by atoms with van der Waals surface area (Å²) in [5.41, 5.74) is 0. The highest BCUT2D eigenvalue weighted by molar-refractivity contribution is 4.71. The molecule has 0 aliphatic carbocycles. The molecule has 1 saturated heterocycles. The third kappa shape index (κ3) is 5.36. The third-order valence-electron chi connectivity index (χ3n) is 3.96. The van der Waals surface area contributed by atoms with Crippen LogP contribution in [0.4, 0.5) is 0 Å². The Kier molecular flexibility index (Phi) is 7.82. The summed E-state index contributed by atoms with van der Waals surface area (Å²) in [6.07, 6.45) is 6.40. The molecular weight excluding hydrogens is 212 g/mol. The second-order valence-electron chi connectivity index (χ2n) is 5.13. The van der Waals surface area contributed by atoms with Gasteiger partial charge in [-0.05, 0) is 58.3 Å². The minimum atomic E-state index is 0.292. The molecular formula is C14H30N2O. The summed E-state index contributed by atoms with van der Waals surface area (Å²) >= 11 is 0. The molecule has 0 aromatic rings. The number of likely N-dealkylation sites (tertiary alicyclic amines) is 1. The van der Waals surface area contributed by atoms with E-state index in [0.717, 1.165) is 13.1 Å². The van der Waals surface area contributed by atoms with Gasteiger partial charge in [0, 0.05) is 12.6 Å². The van der Waals surface area contributed by atoms with E-state index in [0.29, 0.717) is 12.6 Å². The van der Waals surface area contributed by atoms with Crippen LogP contribution in [0.25, 0.3) is 0 Å². The smallest absolute Gasteiger partial charge is 0.0558 e. The van der Waals surface area contributed by atoms with Crippen molar-refractivity contribution in [1.82, 2.24) is 9.80 Å². The number of aliphatic hydroxyl groups excluding tert-OH is 1. The molecule has 17 heavy (non-hydrogen) atoms. The molecule has 1 aliphatic heterocycles. The zero-order valence-corrected chi connectivity index (χ0v) is 11.7. The monoisotopic (exact) mass is 242 g/mol. The van der Waals surface area contributed by atoms with E-state index in [-0.39, 0.29) is 0 Å². The maximum absolute atomic E-state index is 9.14. The highest BCUT2D eigenvalue weighted by Crippen LogP contribution is 2.11. The van der Waals surface area contributed by atoms with Gasteiger partial charge in [-0.3, -0.25) is 4.90 Å². The molecule has 0 spiro atoms. The zero-order valence-electron chi connectivity index (χ0n) is 11.7. The normalized spacial score (nSPS) is 17.5. The van der Waals surface area contributed by atoms with Gasteiger partial charge in [0.25, 0.3) is 0 Å². The maximum Gasteiger partial charge on any atom is 0.0558 e. The van der Waals surface area contributed by atoms with Crippen molar-refractivity contribution in [2.45, 2.75) is 52.0 Å². The molecule has 1 heterocycles. The Morgan fingerprint density at radius 1 is 1.12 bits per heavy atom. The van der Waals surface area contributed by atoms with Crippen molar-refractivity contribution < 1.29 is 5.11 Å². The van der Waals surface area contributed by atoms with Crippen molar-refractivity contribution >= 4 is 0 Å². The van der Waals surface area contributed by atoms with E-state index in [2.05, 4.69) is 23.6 Å². The van der Waals surface area contributed by atoms with E-state index < -0.39 is 0 Å². The van der Waals surface area contributed by atoms with E-state index in [1.54, 1.807) is 0 Å². The molecule has 1 N–H and O–H groups in total. The first-order chi connectivity index (χ1) is 8.31. The van der Waals surface area contributed by atoms with Crippen LogP contribution in [0.5, 0.6) is 0 Å². The fraction of sp³-hybridized carbons (Fsp3) is 1.00. The van der Waals surface area contributed by atoms with Gasteiger partial charge in [-0.25, -0.2) is 0 Å². The molecule has 0 aromatic heterocycles. The predicted molar refractivity (Wildman–Crippen MR) is 73.3 cm³/mol.